The summed E-state index contributed by atoms with van der Waals surface area (Å²) in [5, 5.41) is 14.5. The van der Waals surface area contributed by atoms with Crippen LogP contribution < -0.4 is 4.74 Å². The molecule has 0 unspecified atom stereocenters. The molecule has 0 aliphatic carbocycles. The van der Waals surface area contributed by atoms with E-state index in [0.29, 0.717) is 10.9 Å². The first-order valence-corrected chi connectivity index (χ1v) is 6.71. The summed E-state index contributed by atoms with van der Waals surface area (Å²) < 4.78 is 44.4. The van der Waals surface area contributed by atoms with E-state index in [1.165, 1.54) is 23.9 Å². The van der Waals surface area contributed by atoms with Crippen molar-refractivity contribution in [1.82, 2.24) is 19.3 Å². The van der Waals surface area contributed by atoms with E-state index in [2.05, 4.69) is 10.1 Å². The lowest BCUT2D eigenvalue weighted by atomic mass is 10.3. The number of hydrogen-bond donors (Lipinski definition) is 1. The molecule has 0 aromatic carbocycles. The summed E-state index contributed by atoms with van der Waals surface area (Å²) >= 11 is 5.83. The highest BCUT2D eigenvalue weighted by Crippen LogP contribution is 2.38. The summed E-state index contributed by atoms with van der Waals surface area (Å²) in [5.41, 5.74) is 0.499. The van der Waals surface area contributed by atoms with Gasteiger partial charge in [0.1, 0.15) is 17.2 Å². The molecule has 23 heavy (non-hydrogen) atoms. The molecule has 3 rings (SSSR count). The van der Waals surface area contributed by atoms with Crippen LogP contribution in [0.1, 0.15) is 0 Å². The molecule has 0 saturated carbocycles. The maximum absolute atomic E-state index is 12.4. The highest BCUT2D eigenvalue weighted by molar-refractivity contribution is 6.29. The van der Waals surface area contributed by atoms with E-state index in [9.17, 15) is 18.3 Å². The molecule has 0 aliphatic heterocycles. The second-order valence-electron chi connectivity index (χ2n) is 4.71. The highest BCUT2D eigenvalue weighted by atomic mass is 35.5. The molecule has 10 heteroatoms. The van der Waals surface area contributed by atoms with Crippen LogP contribution in [-0.2, 0) is 6.54 Å². The Morgan fingerprint density at radius 1 is 1.35 bits per heavy atom. The summed E-state index contributed by atoms with van der Waals surface area (Å²) in [7, 11) is 1.35. The number of hydrogen-bond acceptors (Lipinski definition) is 4. The fourth-order valence-corrected chi connectivity index (χ4v) is 2.41. The van der Waals surface area contributed by atoms with Crippen molar-refractivity contribution in [2.45, 2.75) is 12.7 Å². The van der Waals surface area contributed by atoms with Crippen molar-refractivity contribution in [2.75, 3.05) is 7.11 Å². The van der Waals surface area contributed by atoms with Gasteiger partial charge in [0, 0.05) is 6.20 Å². The number of methoxy groups -OCH3 is 1. The Kier molecular flexibility index (Phi) is 3.59. The quantitative estimate of drug-likeness (QED) is 0.740. The Bertz CT molecular complexity index is 872. The second kappa shape index (κ2) is 5.34. The normalized spacial score (nSPS) is 12.0. The Balaban J connectivity index is 2.14. The van der Waals surface area contributed by atoms with Gasteiger partial charge < -0.3 is 9.84 Å². The largest absolute Gasteiger partial charge is 0.494 e. The number of fused-ring (bicyclic) bond motifs is 1. The molecule has 1 N–H and O–H groups in total. The standard InChI is InChI=1S/C13H10ClF3N4O2/c1-23-12-10-8(2-3-9(14)19-10)11(22)21(12)7-4-18-20(5-7)6-13(15,16)17/h2-5,22H,6H2,1H3. The summed E-state index contributed by atoms with van der Waals surface area (Å²) in [4.78, 5) is 4.07. The van der Waals surface area contributed by atoms with Gasteiger partial charge in [-0.25, -0.2) is 9.55 Å². The van der Waals surface area contributed by atoms with Crippen molar-refractivity contribution in [3.8, 4) is 17.4 Å². The summed E-state index contributed by atoms with van der Waals surface area (Å²) in [6.45, 7) is -1.24. The average Bonchev–Trinajstić information content (AvgIpc) is 2.99. The molecule has 0 atom stereocenters. The van der Waals surface area contributed by atoms with Gasteiger partial charge in [-0.3, -0.25) is 4.68 Å². The Morgan fingerprint density at radius 2 is 2.09 bits per heavy atom. The third-order valence-corrected chi connectivity index (χ3v) is 3.34. The number of nitrogens with zero attached hydrogens (tertiary/aromatic N) is 4. The molecule has 0 bridgehead atoms. The minimum atomic E-state index is -4.40. The summed E-state index contributed by atoms with van der Waals surface area (Å²) in [6.07, 6.45) is -2.06. The molecule has 0 fully saturated rings. The van der Waals surface area contributed by atoms with Crippen LogP contribution in [0.2, 0.25) is 5.15 Å². The molecule has 3 aromatic rings. The van der Waals surface area contributed by atoms with E-state index in [1.807, 2.05) is 0 Å². The van der Waals surface area contributed by atoms with Gasteiger partial charge >= 0.3 is 6.18 Å². The predicted octanol–water partition coefficient (Wildman–Crippen LogP) is 3.15. The number of pyridine rings is 1. The van der Waals surface area contributed by atoms with Gasteiger partial charge in [-0.1, -0.05) is 11.6 Å². The molecule has 6 nitrogen and oxygen atoms in total. The van der Waals surface area contributed by atoms with Crippen LogP contribution in [0, 0.1) is 0 Å². The van der Waals surface area contributed by atoms with Gasteiger partial charge in [0.15, 0.2) is 0 Å². The number of rotatable bonds is 3. The van der Waals surface area contributed by atoms with Gasteiger partial charge in [0.2, 0.25) is 11.8 Å². The van der Waals surface area contributed by atoms with Crippen LogP contribution >= 0.6 is 11.6 Å². The van der Waals surface area contributed by atoms with Gasteiger partial charge in [-0.05, 0) is 12.1 Å². The van der Waals surface area contributed by atoms with Crippen molar-refractivity contribution < 1.29 is 23.0 Å². The van der Waals surface area contributed by atoms with Crippen molar-refractivity contribution >= 4 is 22.5 Å². The van der Waals surface area contributed by atoms with E-state index >= 15 is 0 Å². The van der Waals surface area contributed by atoms with Crippen LogP contribution in [0.25, 0.3) is 16.6 Å². The first-order chi connectivity index (χ1) is 10.8. The summed E-state index contributed by atoms with van der Waals surface area (Å²) in [6, 6.07) is 3.03. The number of ether oxygens (including phenoxy) is 1. The smallest absolute Gasteiger partial charge is 0.408 e. The lowest BCUT2D eigenvalue weighted by Crippen LogP contribution is -2.17. The zero-order chi connectivity index (χ0) is 16.8. The van der Waals surface area contributed by atoms with E-state index in [-0.39, 0.29) is 22.6 Å². The van der Waals surface area contributed by atoms with E-state index in [0.717, 1.165) is 10.9 Å². The minimum Gasteiger partial charge on any atom is -0.494 e. The molecular weight excluding hydrogens is 337 g/mol. The van der Waals surface area contributed by atoms with Crippen LogP contribution in [0.15, 0.2) is 24.5 Å². The fourth-order valence-electron chi connectivity index (χ4n) is 2.27. The molecule has 3 heterocycles. The van der Waals surface area contributed by atoms with Crippen molar-refractivity contribution in [3.63, 3.8) is 0 Å². The molecule has 0 saturated heterocycles. The van der Waals surface area contributed by atoms with Crippen molar-refractivity contribution in [2.24, 2.45) is 0 Å². The third-order valence-electron chi connectivity index (χ3n) is 3.13. The number of aromatic nitrogens is 4. The van der Waals surface area contributed by atoms with Crippen LogP contribution in [0.5, 0.6) is 11.8 Å². The first-order valence-electron chi connectivity index (χ1n) is 6.33. The van der Waals surface area contributed by atoms with Gasteiger partial charge in [0.05, 0.1) is 24.4 Å². The van der Waals surface area contributed by atoms with E-state index in [4.69, 9.17) is 16.3 Å². The maximum atomic E-state index is 12.4. The van der Waals surface area contributed by atoms with Crippen molar-refractivity contribution in [1.29, 1.82) is 0 Å². The molecule has 0 spiro atoms. The van der Waals surface area contributed by atoms with Crippen LogP contribution in [-0.4, -0.2) is 37.7 Å². The third kappa shape index (κ3) is 2.79. The molecule has 3 aromatic heterocycles. The lowest BCUT2D eigenvalue weighted by molar-refractivity contribution is -0.142. The lowest BCUT2D eigenvalue weighted by Gasteiger charge is -2.07. The second-order valence-corrected chi connectivity index (χ2v) is 5.10. The van der Waals surface area contributed by atoms with Gasteiger partial charge in [-0.15, -0.1) is 0 Å². The van der Waals surface area contributed by atoms with E-state index < -0.39 is 12.7 Å². The van der Waals surface area contributed by atoms with Gasteiger partial charge in [-0.2, -0.15) is 18.3 Å². The Labute approximate surface area is 132 Å². The zero-order valence-electron chi connectivity index (χ0n) is 11.7. The zero-order valence-corrected chi connectivity index (χ0v) is 12.4. The van der Waals surface area contributed by atoms with Crippen LogP contribution in [0.3, 0.4) is 0 Å². The summed E-state index contributed by atoms with van der Waals surface area (Å²) in [5.74, 6) is -0.0841. The van der Waals surface area contributed by atoms with Crippen molar-refractivity contribution in [3.05, 3.63) is 29.7 Å². The minimum absolute atomic E-state index is 0.145. The SMILES string of the molecule is COc1c2nc(Cl)ccc2c(O)n1-c1cnn(CC(F)(F)F)c1. The topological polar surface area (TPSA) is 65.1 Å². The Hall–Kier alpha value is -2.42. The van der Waals surface area contributed by atoms with E-state index in [1.54, 1.807) is 6.07 Å². The van der Waals surface area contributed by atoms with Gasteiger partial charge in [0.25, 0.3) is 0 Å². The fraction of sp³-hybridized carbons (Fsp3) is 0.231. The monoisotopic (exact) mass is 346 g/mol. The number of alkyl halides is 3. The first kappa shape index (κ1) is 15.5. The molecule has 0 radical (unpaired) electrons. The maximum Gasteiger partial charge on any atom is 0.408 e. The Morgan fingerprint density at radius 3 is 2.74 bits per heavy atom. The molecule has 122 valence electrons. The molecular formula is C13H10ClF3N4O2. The predicted molar refractivity (Wildman–Crippen MR) is 76.1 cm³/mol. The molecule has 0 amide bonds. The van der Waals surface area contributed by atoms with Crippen LogP contribution in [0.4, 0.5) is 13.2 Å². The number of aromatic hydroxyl groups is 1. The highest BCUT2D eigenvalue weighted by Gasteiger charge is 2.29. The average molecular weight is 347 g/mol. The number of halogens is 4. The molecule has 0 aliphatic rings.